The lowest BCUT2D eigenvalue weighted by atomic mass is 9.97. The SMILES string of the molecule is O=C1CCCc2nc(=S)scc21. The van der Waals surface area contributed by atoms with Crippen LogP contribution in [0, 0.1) is 3.95 Å². The molecule has 0 bridgehead atoms. The Morgan fingerprint density at radius 2 is 2.33 bits per heavy atom. The van der Waals surface area contributed by atoms with Gasteiger partial charge in [0.2, 0.25) is 0 Å². The monoisotopic (exact) mass is 197 g/mol. The zero-order valence-corrected chi connectivity index (χ0v) is 8.00. The number of carbonyl (C=O) groups is 1. The molecule has 0 saturated carbocycles. The van der Waals surface area contributed by atoms with Crippen molar-refractivity contribution in [1.29, 1.82) is 0 Å². The molecule has 0 fully saturated rings. The third-order valence-electron chi connectivity index (χ3n) is 1.93. The number of fused-ring (bicyclic) bond motifs is 1. The highest BCUT2D eigenvalue weighted by Crippen LogP contribution is 2.20. The van der Waals surface area contributed by atoms with Crippen molar-refractivity contribution in [2.75, 3.05) is 0 Å². The molecule has 0 aliphatic heterocycles. The number of aromatic nitrogens is 1. The van der Waals surface area contributed by atoms with Crippen LogP contribution in [0.3, 0.4) is 0 Å². The summed E-state index contributed by atoms with van der Waals surface area (Å²) in [5, 5.41) is 1.84. The van der Waals surface area contributed by atoms with Crippen LogP contribution in [0.1, 0.15) is 28.9 Å². The summed E-state index contributed by atoms with van der Waals surface area (Å²) in [7, 11) is 0. The summed E-state index contributed by atoms with van der Waals surface area (Å²) in [5.41, 5.74) is 1.69. The summed E-state index contributed by atoms with van der Waals surface area (Å²) in [4.78, 5) is 15.5. The number of rotatable bonds is 0. The Balaban J connectivity index is 2.60. The van der Waals surface area contributed by atoms with Crippen molar-refractivity contribution < 1.29 is 4.79 Å². The first-order valence-corrected chi connectivity index (χ1v) is 5.08. The standard InChI is InChI=1S/C8H7NOS2/c10-7-3-1-2-6-5(7)4-12-8(11)9-6/h4H,1-3H2. The molecule has 0 amide bonds. The van der Waals surface area contributed by atoms with Gasteiger partial charge in [-0.1, -0.05) is 0 Å². The highest BCUT2D eigenvalue weighted by atomic mass is 32.1. The molecular weight excluding hydrogens is 190 g/mol. The molecule has 1 aliphatic carbocycles. The molecule has 2 nitrogen and oxygen atoms in total. The van der Waals surface area contributed by atoms with E-state index >= 15 is 0 Å². The number of aryl methyl sites for hydroxylation is 1. The van der Waals surface area contributed by atoms with Crippen LogP contribution in [0.25, 0.3) is 0 Å². The third kappa shape index (κ3) is 1.32. The van der Waals surface area contributed by atoms with Gasteiger partial charge in [-0.05, 0) is 25.1 Å². The smallest absolute Gasteiger partial charge is 0.180 e. The van der Waals surface area contributed by atoms with Crippen LogP contribution in [-0.2, 0) is 6.42 Å². The quantitative estimate of drug-likeness (QED) is 0.598. The number of Topliss-reactive ketones (excluding diaryl/α,β-unsaturated/α-hetero) is 1. The summed E-state index contributed by atoms with van der Waals surface area (Å²) in [5.74, 6) is 0.218. The first kappa shape index (κ1) is 8.01. The first-order chi connectivity index (χ1) is 5.77. The minimum absolute atomic E-state index is 0.218. The number of hydrogen-bond donors (Lipinski definition) is 0. The zero-order valence-electron chi connectivity index (χ0n) is 6.37. The van der Waals surface area contributed by atoms with E-state index in [-0.39, 0.29) is 5.78 Å². The fourth-order valence-electron chi connectivity index (χ4n) is 1.34. The zero-order chi connectivity index (χ0) is 8.55. The lowest BCUT2D eigenvalue weighted by molar-refractivity contribution is 0.0972. The fraction of sp³-hybridized carbons (Fsp3) is 0.375. The van der Waals surface area contributed by atoms with Gasteiger partial charge in [0.25, 0.3) is 0 Å². The van der Waals surface area contributed by atoms with Crippen molar-refractivity contribution in [3.8, 4) is 0 Å². The predicted molar refractivity (Wildman–Crippen MR) is 50.2 cm³/mol. The van der Waals surface area contributed by atoms with Crippen LogP contribution < -0.4 is 0 Å². The van der Waals surface area contributed by atoms with Crippen LogP contribution in [0.15, 0.2) is 5.38 Å². The van der Waals surface area contributed by atoms with Crippen LogP contribution in [0.2, 0.25) is 0 Å². The second-order valence-corrected chi connectivity index (χ2v) is 4.25. The van der Waals surface area contributed by atoms with Gasteiger partial charge in [-0.3, -0.25) is 4.79 Å². The van der Waals surface area contributed by atoms with Gasteiger partial charge in [-0.2, -0.15) is 0 Å². The average molecular weight is 197 g/mol. The van der Waals surface area contributed by atoms with Crippen LogP contribution in [0.4, 0.5) is 0 Å². The van der Waals surface area contributed by atoms with Gasteiger partial charge in [0.05, 0.1) is 5.69 Å². The van der Waals surface area contributed by atoms with Gasteiger partial charge in [0.1, 0.15) is 0 Å². The number of carbonyl (C=O) groups excluding carboxylic acids is 1. The molecule has 0 atom stereocenters. The normalized spacial score (nSPS) is 15.8. The first-order valence-electron chi connectivity index (χ1n) is 3.79. The summed E-state index contributed by atoms with van der Waals surface area (Å²) in [6.07, 6.45) is 2.48. The van der Waals surface area contributed by atoms with Crippen LogP contribution in [-0.4, -0.2) is 10.8 Å². The molecule has 0 aromatic carbocycles. The molecule has 1 aliphatic rings. The van der Waals surface area contributed by atoms with E-state index in [2.05, 4.69) is 4.98 Å². The number of nitrogens with zero attached hydrogens (tertiary/aromatic N) is 1. The summed E-state index contributed by atoms with van der Waals surface area (Å²) in [6.45, 7) is 0. The van der Waals surface area contributed by atoms with E-state index < -0.39 is 0 Å². The largest absolute Gasteiger partial charge is 0.294 e. The maximum absolute atomic E-state index is 11.3. The topological polar surface area (TPSA) is 30.0 Å². The van der Waals surface area contributed by atoms with E-state index in [4.69, 9.17) is 12.2 Å². The molecule has 0 unspecified atom stereocenters. The Hall–Kier alpha value is -0.610. The van der Waals surface area contributed by atoms with E-state index in [1.54, 1.807) is 0 Å². The minimum atomic E-state index is 0.218. The Morgan fingerprint density at radius 1 is 1.50 bits per heavy atom. The molecule has 12 heavy (non-hydrogen) atoms. The molecule has 4 heteroatoms. The Bertz CT molecular complexity index is 383. The molecule has 0 N–H and O–H groups in total. The lowest BCUT2D eigenvalue weighted by Gasteiger charge is -2.11. The second kappa shape index (κ2) is 3.03. The maximum atomic E-state index is 11.3. The Labute approximate surface area is 79.3 Å². The van der Waals surface area contributed by atoms with Gasteiger partial charge >= 0.3 is 0 Å². The van der Waals surface area contributed by atoms with Crippen molar-refractivity contribution in [1.82, 2.24) is 4.98 Å². The van der Waals surface area contributed by atoms with Gasteiger partial charge in [0.15, 0.2) is 9.74 Å². The fourth-order valence-corrected chi connectivity index (χ4v) is 2.25. The van der Waals surface area contributed by atoms with Crippen molar-refractivity contribution in [3.63, 3.8) is 0 Å². The molecule has 1 aromatic rings. The van der Waals surface area contributed by atoms with Crippen molar-refractivity contribution >= 4 is 29.3 Å². The van der Waals surface area contributed by atoms with Gasteiger partial charge in [-0.15, -0.1) is 11.3 Å². The highest BCUT2D eigenvalue weighted by molar-refractivity contribution is 7.73. The van der Waals surface area contributed by atoms with E-state index in [0.29, 0.717) is 10.4 Å². The maximum Gasteiger partial charge on any atom is 0.180 e. The summed E-state index contributed by atoms with van der Waals surface area (Å²) < 4.78 is 0.628. The minimum Gasteiger partial charge on any atom is -0.294 e. The van der Waals surface area contributed by atoms with E-state index in [1.807, 2.05) is 5.38 Å². The summed E-state index contributed by atoms with van der Waals surface area (Å²) in [6, 6.07) is 0. The molecular formula is C8H7NOS2. The van der Waals surface area contributed by atoms with Crippen molar-refractivity contribution in [2.24, 2.45) is 0 Å². The van der Waals surface area contributed by atoms with E-state index in [1.165, 1.54) is 11.3 Å². The highest BCUT2D eigenvalue weighted by Gasteiger charge is 2.17. The van der Waals surface area contributed by atoms with Gasteiger partial charge in [-0.25, -0.2) is 4.98 Å². The van der Waals surface area contributed by atoms with Crippen LogP contribution >= 0.6 is 23.6 Å². The van der Waals surface area contributed by atoms with Gasteiger partial charge in [0, 0.05) is 17.4 Å². The Kier molecular flexibility index (Phi) is 2.02. The Morgan fingerprint density at radius 3 is 3.17 bits per heavy atom. The molecule has 1 heterocycles. The van der Waals surface area contributed by atoms with Gasteiger partial charge < -0.3 is 0 Å². The number of hydrogen-bond acceptors (Lipinski definition) is 4. The molecule has 1 aromatic heterocycles. The second-order valence-electron chi connectivity index (χ2n) is 2.75. The number of ketones is 1. The van der Waals surface area contributed by atoms with E-state index in [0.717, 1.165) is 24.1 Å². The average Bonchev–Trinajstić information content (AvgIpc) is 2.04. The molecule has 62 valence electrons. The third-order valence-corrected chi connectivity index (χ3v) is 2.96. The molecule has 2 rings (SSSR count). The molecule has 0 radical (unpaired) electrons. The van der Waals surface area contributed by atoms with Crippen molar-refractivity contribution in [3.05, 3.63) is 20.6 Å². The molecule has 0 saturated heterocycles. The van der Waals surface area contributed by atoms with Crippen molar-refractivity contribution in [2.45, 2.75) is 19.3 Å². The predicted octanol–water partition coefficient (Wildman–Crippen LogP) is 2.39. The molecule has 0 spiro atoms. The lowest BCUT2D eigenvalue weighted by Crippen LogP contribution is -2.11. The van der Waals surface area contributed by atoms with Crippen LogP contribution in [0.5, 0.6) is 0 Å². The summed E-state index contributed by atoms with van der Waals surface area (Å²) >= 11 is 6.30. The van der Waals surface area contributed by atoms with E-state index in [9.17, 15) is 4.79 Å².